The van der Waals surface area contributed by atoms with Gasteiger partial charge in [-0.1, -0.05) is 6.07 Å². The molecule has 0 N–H and O–H groups in total. The maximum Gasteiger partial charge on any atom is 0.274 e. The number of hydrogen-bond acceptors (Lipinski definition) is 6. The lowest BCUT2D eigenvalue weighted by Crippen LogP contribution is -2.66. The van der Waals surface area contributed by atoms with Crippen LogP contribution in [0.15, 0.2) is 43.1 Å². The van der Waals surface area contributed by atoms with Crippen molar-refractivity contribution in [2.75, 3.05) is 33.3 Å². The summed E-state index contributed by atoms with van der Waals surface area (Å²) in [5, 5.41) is 0. The highest BCUT2D eigenvalue weighted by Gasteiger charge is 2.48. The summed E-state index contributed by atoms with van der Waals surface area (Å²) in [5.74, 6) is 0.470. The van der Waals surface area contributed by atoms with Crippen LogP contribution >= 0.6 is 0 Å². The summed E-state index contributed by atoms with van der Waals surface area (Å²) < 4.78 is 6.21. The SMILES string of the molecule is CN(Cc1cccnc1)CC1CCC2(CN(C(=O)c3cnccn3)C2)OC1. The molecule has 1 atom stereocenters. The first-order valence-corrected chi connectivity index (χ1v) is 9.40. The molecule has 2 aromatic heterocycles. The van der Waals surface area contributed by atoms with Crippen molar-refractivity contribution in [1.29, 1.82) is 0 Å². The van der Waals surface area contributed by atoms with Gasteiger partial charge in [0.05, 0.1) is 25.9 Å². The average Bonchev–Trinajstić information content (AvgIpc) is 2.68. The second-order valence-electron chi connectivity index (χ2n) is 7.71. The van der Waals surface area contributed by atoms with Crippen molar-refractivity contribution in [2.45, 2.75) is 25.0 Å². The number of hydrogen-bond donors (Lipinski definition) is 0. The average molecular weight is 367 g/mol. The highest BCUT2D eigenvalue weighted by atomic mass is 16.5. The van der Waals surface area contributed by atoms with E-state index in [0.29, 0.717) is 24.7 Å². The van der Waals surface area contributed by atoms with Crippen LogP contribution in [0.4, 0.5) is 0 Å². The predicted octanol–water partition coefficient (Wildman–Crippen LogP) is 1.62. The van der Waals surface area contributed by atoms with Gasteiger partial charge >= 0.3 is 0 Å². The van der Waals surface area contributed by atoms with E-state index in [1.54, 1.807) is 23.5 Å². The molecular weight excluding hydrogens is 342 g/mol. The van der Waals surface area contributed by atoms with Gasteiger partial charge in [-0.15, -0.1) is 0 Å². The van der Waals surface area contributed by atoms with Crippen LogP contribution in [-0.2, 0) is 11.3 Å². The third-order valence-electron chi connectivity index (χ3n) is 5.41. The molecule has 0 radical (unpaired) electrons. The molecule has 1 spiro atoms. The fourth-order valence-corrected chi connectivity index (χ4v) is 3.98. The number of pyridine rings is 1. The van der Waals surface area contributed by atoms with Crippen molar-refractivity contribution in [3.63, 3.8) is 0 Å². The second kappa shape index (κ2) is 7.70. The van der Waals surface area contributed by atoms with Gasteiger partial charge in [-0.25, -0.2) is 4.98 Å². The third kappa shape index (κ3) is 4.14. The summed E-state index contributed by atoms with van der Waals surface area (Å²) in [6.45, 7) is 3.97. The van der Waals surface area contributed by atoms with Crippen LogP contribution in [0, 0.1) is 5.92 Å². The second-order valence-corrected chi connectivity index (χ2v) is 7.71. The summed E-state index contributed by atoms with van der Waals surface area (Å²) in [6.07, 6.45) is 10.5. The van der Waals surface area contributed by atoms with Crippen LogP contribution in [0.5, 0.6) is 0 Å². The van der Waals surface area contributed by atoms with Gasteiger partial charge in [0.25, 0.3) is 5.91 Å². The highest BCUT2D eigenvalue weighted by Crippen LogP contribution is 2.36. The Balaban J connectivity index is 1.22. The Kier molecular flexibility index (Phi) is 5.13. The first-order chi connectivity index (χ1) is 13.1. The normalized spacial score (nSPS) is 21.3. The summed E-state index contributed by atoms with van der Waals surface area (Å²) in [4.78, 5) is 28.8. The lowest BCUT2D eigenvalue weighted by atomic mass is 9.82. The Bertz CT molecular complexity index is 754. The Labute approximate surface area is 159 Å². The number of nitrogens with zero attached hydrogens (tertiary/aromatic N) is 5. The molecule has 27 heavy (non-hydrogen) atoms. The van der Waals surface area contributed by atoms with Gasteiger partial charge in [0.2, 0.25) is 0 Å². The van der Waals surface area contributed by atoms with E-state index >= 15 is 0 Å². The Hall–Kier alpha value is -2.38. The molecule has 1 amide bonds. The molecule has 0 aliphatic carbocycles. The molecular formula is C20H25N5O2. The highest BCUT2D eigenvalue weighted by molar-refractivity contribution is 5.92. The van der Waals surface area contributed by atoms with Crippen molar-refractivity contribution >= 4 is 5.91 Å². The molecule has 2 aliphatic rings. The van der Waals surface area contributed by atoms with E-state index in [4.69, 9.17) is 4.74 Å². The molecule has 0 aromatic carbocycles. The minimum Gasteiger partial charge on any atom is -0.371 e. The topological polar surface area (TPSA) is 71.5 Å². The molecule has 0 saturated carbocycles. The molecule has 4 rings (SSSR count). The van der Waals surface area contributed by atoms with E-state index in [2.05, 4.69) is 33.0 Å². The van der Waals surface area contributed by atoms with Crippen molar-refractivity contribution in [3.05, 3.63) is 54.4 Å². The standard InChI is InChI=1S/C20H25N5O2/c1-24(11-16-3-2-6-21-9-16)12-17-4-5-20(27-13-17)14-25(15-20)19(26)18-10-22-7-8-23-18/h2-3,6-10,17H,4-5,11-15H2,1H3. The predicted molar refractivity (Wildman–Crippen MR) is 99.9 cm³/mol. The van der Waals surface area contributed by atoms with Gasteiger partial charge in [-0.3, -0.25) is 14.8 Å². The number of aromatic nitrogens is 3. The van der Waals surface area contributed by atoms with E-state index in [-0.39, 0.29) is 11.5 Å². The lowest BCUT2D eigenvalue weighted by molar-refractivity contribution is -0.168. The quantitative estimate of drug-likeness (QED) is 0.800. The third-order valence-corrected chi connectivity index (χ3v) is 5.41. The van der Waals surface area contributed by atoms with Crippen LogP contribution in [0.2, 0.25) is 0 Å². The first-order valence-electron chi connectivity index (χ1n) is 9.40. The smallest absolute Gasteiger partial charge is 0.274 e. The van der Waals surface area contributed by atoms with Crippen molar-refractivity contribution in [3.8, 4) is 0 Å². The summed E-state index contributed by atoms with van der Waals surface area (Å²) in [7, 11) is 2.14. The summed E-state index contributed by atoms with van der Waals surface area (Å²) in [6, 6.07) is 4.08. The Morgan fingerprint density at radius 3 is 2.81 bits per heavy atom. The minimum atomic E-state index is -0.156. The molecule has 2 aliphatic heterocycles. The van der Waals surface area contributed by atoms with E-state index in [0.717, 1.165) is 32.5 Å². The first kappa shape index (κ1) is 18.0. The molecule has 7 heteroatoms. The van der Waals surface area contributed by atoms with Gasteiger partial charge in [-0.2, -0.15) is 0 Å². The fraction of sp³-hybridized carbons (Fsp3) is 0.500. The van der Waals surface area contributed by atoms with Crippen LogP contribution in [0.25, 0.3) is 0 Å². The Morgan fingerprint density at radius 1 is 1.30 bits per heavy atom. The molecule has 4 heterocycles. The molecule has 2 saturated heterocycles. The van der Waals surface area contributed by atoms with Crippen molar-refractivity contribution in [1.82, 2.24) is 24.8 Å². The molecule has 0 bridgehead atoms. The van der Waals surface area contributed by atoms with Crippen LogP contribution < -0.4 is 0 Å². The van der Waals surface area contributed by atoms with Gasteiger partial charge in [0, 0.05) is 37.9 Å². The van der Waals surface area contributed by atoms with E-state index < -0.39 is 0 Å². The number of amides is 1. The molecule has 7 nitrogen and oxygen atoms in total. The molecule has 2 aromatic rings. The number of ether oxygens (including phenoxy) is 1. The van der Waals surface area contributed by atoms with E-state index in [1.807, 2.05) is 12.3 Å². The van der Waals surface area contributed by atoms with Gasteiger partial charge in [-0.05, 0) is 37.4 Å². The van der Waals surface area contributed by atoms with Gasteiger partial charge < -0.3 is 14.5 Å². The van der Waals surface area contributed by atoms with Crippen LogP contribution in [0.1, 0.15) is 28.9 Å². The number of carbonyl (C=O) groups excluding carboxylic acids is 1. The number of rotatable bonds is 5. The lowest BCUT2D eigenvalue weighted by Gasteiger charge is -2.52. The zero-order chi connectivity index (χ0) is 18.7. The van der Waals surface area contributed by atoms with E-state index in [9.17, 15) is 4.79 Å². The molecule has 142 valence electrons. The largest absolute Gasteiger partial charge is 0.371 e. The van der Waals surface area contributed by atoms with Gasteiger partial charge in [0.1, 0.15) is 11.3 Å². The van der Waals surface area contributed by atoms with Crippen LogP contribution in [-0.4, -0.2) is 69.5 Å². The summed E-state index contributed by atoms with van der Waals surface area (Å²) in [5.41, 5.74) is 1.47. The van der Waals surface area contributed by atoms with Crippen molar-refractivity contribution < 1.29 is 9.53 Å². The minimum absolute atomic E-state index is 0.0596. The fourth-order valence-electron chi connectivity index (χ4n) is 3.98. The maximum absolute atomic E-state index is 12.4. The summed E-state index contributed by atoms with van der Waals surface area (Å²) >= 11 is 0. The molecule has 2 fully saturated rings. The number of likely N-dealkylation sites (tertiary alicyclic amines) is 1. The Morgan fingerprint density at radius 2 is 2.15 bits per heavy atom. The molecule has 1 unspecified atom stereocenters. The monoisotopic (exact) mass is 367 g/mol. The zero-order valence-corrected chi connectivity index (χ0v) is 15.6. The van der Waals surface area contributed by atoms with Crippen LogP contribution in [0.3, 0.4) is 0 Å². The van der Waals surface area contributed by atoms with E-state index in [1.165, 1.54) is 11.8 Å². The van der Waals surface area contributed by atoms with Crippen molar-refractivity contribution in [2.24, 2.45) is 5.92 Å². The number of carbonyl (C=O) groups is 1. The van der Waals surface area contributed by atoms with Gasteiger partial charge in [0.15, 0.2) is 0 Å². The maximum atomic E-state index is 12.4. The zero-order valence-electron chi connectivity index (χ0n) is 15.6.